The normalized spacial score (nSPS) is 20.0. The van der Waals surface area contributed by atoms with Crippen LogP contribution in [0.1, 0.15) is 24.0 Å². The summed E-state index contributed by atoms with van der Waals surface area (Å²) < 4.78 is 6.74. The molecule has 1 aliphatic heterocycles. The highest BCUT2D eigenvalue weighted by Gasteiger charge is 2.29. The molecule has 122 valence electrons. The van der Waals surface area contributed by atoms with E-state index >= 15 is 0 Å². The van der Waals surface area contributed by atoms with E-state index in [4.69, 9.17) is 4.74 Å². The zero-order valence-corrected chi connectivity index (χ0v) is 14.6. The number of benzodiazepines with no additional fused rings is 1. The predicted molar refractivity (Wildman–Crippen MR) is 97.3 cm³/mol. The zero-order valence-electron chi connectivity index (χ0n) is 13.0. The fourth-order valence-corrected chi connectivity index (χ4v) is 3.07. The second kappa shape index (κ2) is 6.49. The number of anilines is 1. The Morgan fingerprint density at radius 3 is 2.71 bits per heavy atom. The largest absolute Gasteiger partial charge is 0.348 e. The number of ether oxygens (including phenoxy) is 1. The molecule has 24 heavy (non-hydrogen) atoms. The first-order valence-electron chi connectivity index (χ1n) is 8.06. The summed E-state index contributed by atoms with van der Waals surface area (Å²) in [7, 11) is 0. The number of nitrogens with zero attached hydrogens (tertiary/aromatic N) is 1. The van der Waals surface area contributed by atoms with E-state index < -0.39 is 6.23 Å². The van der Waals surface area contributed by atoms with Crippen molar-refractivity contribution in [2.24, 2.45) is 10.9 Å². The summed E-state index contributed by atoms with van der Waals surface area (Å²) >= 11 is 3.51. The number of aliphatic imine (C=N–C) groups is 1. The van der Waals surface area contributed by atoms with Crippen molar-refractivity contribution in [3.8, 4) is 0 Å². The second-order valence-corrected chi connectivity index (χ2v) is 7.07. The lowest BCUT2D eigenvalue weighted by atomic mass is 10.0. The minimum atomic E-state index is -0.813. The molecule has 5 heteroatoms. The molecule has 1 N–H and O–H groups in total. The molecule has 4 nitrogen and oxygen atoms in total. The van der Waals surface area contributed by atoms with Crippen molar-refractivity contribution < 1.29 is 9.53 Å². The number of halogens is 1. The lowest BCUT2D eigenvalue weighted by Gasteiger charge is -2.12. The monoisotopic (exact) mass is 384 g/mol. The van der Waals surface area contributed by atoms with Gasteiger partial charge < -0.3 is 10.1 Å². The van der Waals surface area contributed by atoms with Gasteiger partial charge in [-0.15, -0.1) is 0 Å². The molecule has 0 bridgehead atoms. The molecule has 2 aromatic carbocycles. The van der Waals surface area contributed by atoms with Crippen LogP contribution >= 0.6 is 15.9 Å². The Kier molecular flexibility index (Phi) is 4.21. The van der Waals surface area contributed by atoms with Crippen molar-refractivity contribution in [1.29, 1.82) is 0 Å². The van der Waals surface area contributed by atoms with E-state index in [0.29, 0.717) is 12.5 Å². The molecule has 4 rings (SSSR count). The Hall–Kier alpha value is -1.98. The van der Waals surface area contributed by atoms with Crippen molar-refractivity contribution in [3.63, 3.8) is 0 Å². The third-order valence-corrected chi connectivity index (χ3v) is 4.69. The van der Waals surface area contributed by atoms with Gasteiger partial charge in [-0.2, -0.15) is 0 Å². The predicted octanol–water partition coefficient (Wildman–Crippen LogP) is 3.99. The van der Waals surface area contributed by atoms with Gasteiger partial charge in [-0.25, -0.2) is 4.99 Å². The van der Waals surface area contributed by atoms with Crippen LogP contribution in [0.2, 0.25) is 0 Å². The number of rotatable bonds is 4. The minimum Gasteiger partial charge on any atom is -0.348 e. The van der Waals surface area contributed by atoms with Crippen LogP contribution in [0.5, 0.6) is 0 Å². The fourth-order valence-electron chi connectivity index (χ4n) is 2.71. The van der Waals surface area contributed by atoms with Gasteiger partial charge in [0.05, 0.1) is 18.0 Å². The zero-order chi connectivity index (χ0) is 16.5. The molecule has 1 unspecified atom stereocenters. The van der Waals surface area contributed by atoms with Crippen molar-refractivity contribution >= 4 is 33.2 Å². The van der Waals surface area contributed by atoms with Gasteiger partial charge in [0.2, 0.25) is 6.23 Å². The van der Waals surface area contributed by atoms with Crippen molar-refractivity contribution in [2.45, 2.75) is 19.1 Å². The number of hydrogen-bond acceptors (Lipinski definition) is 3. The van der Waals surface area contributed by atoms with Gasteiger partial charge >= 0.3 is 0 Å². The summed E-state index contributed by atoms with van der Waals surface area (Å²) in [5.41, 5.74) is 3.38. The van der Waals surface area contributed by atoms with Crippen molar-refractivity contribution in [2.75, 3.05) is 11.9 Å². The molecule has 2 aliphatic rings. The molecule has 1 amide bonds. The number of carbonyl (C=O) groups is 1. The lowest BCUT2D eigenvalue weighted by molar-refractivity contribution is -0.127. The van der Waals surface area contributed by atoms with Gasteiger partial charge in [-0.1, -0.05) is 46.3 Å². The Bertz CT molecular complexity index is 800. The van der Waals surface area contributed by atoms with Crippen molar-refractivity contribution in [3.05, 3.63) is 64.1 Å². The maximum atomic E-state index is 12.5. The van der Waals surface area contributed by atoms with E-state index in [1.54, 1.807) is 0 Å². The highest BCUT2D eigenvalue weighted by molar-refractivity contribution is 9.10. The number of amides is 1. The van der Waals surface area contributed by atoms with Crippen LogP contribution in [0.3, 0.4) is 0 Å². The third-order valence-electron chi connectivity index (χ3n) is 4.20. The molecule has 1 heterocycles. The van der Waals surface area contributed by atoms with E-state index in [1.165, 1.54) is 12.8 Å². The van der Waals surface area contributed by atoms with Gasteiger partial charge in [-0.05, 0) is 37.0 Å². The molecule has 0 radical (unpaired) electrons. The van der Waals surface area contributed by atoms with Crippen LogP contribution in [-0.2, 0) is 9.53 Å². The lowest BCUT2D eigenvalue weighted by Crippen LogP contribution is -2.29. The standard InChI is InChI=1S/C19H17BrN2O2/c20-14-8-9-16-15(10-14)17(13-4-2-1-3-5-13)22-19(18(23)21-16)24-11-12-6-7-12/h1-5,8-10,12,19H,6-7,11H2,(H,21,23). The number of benzene rings is 2. The summed E-state index contributed by atoms with van der Waals surface area (Å²) in [6.07, 6.45) is 1.54. The van der Waals surface area contributed by atoms with Crippen LogP contribution in [0.15, 0.2) is 58.0 Å². The first-order chi connectivity index (χ1) is 11.7. The molecule has 1 atom stereocenters. The number of hydrogen-bond donors (Lipinski definition) is 1. The van der Waals surface area contributed by atoms with E-state index in [0.717, 1.165) is 27.0 Å². The minimum absolute atomic E-state index is 0.217. The summed E-state index contributed by atoms with van der Waals surface area (Å²) in [5, 5.41) is 2.94. The number of nitrogens with one attached hydrogen (secondary N) is 1. The summed E-state index contributed by atoms with van der Waals surface area (Å²) in [6, 6.07) is 15.7. The maximum absolute atomic E-state index is 12.5. The van der Waals surface area contributed by atoms with Gasteiger partial charge in [0.1, 0.15) is 0 Å². The van der Waals surface area contributed by atoms with E-state index in [2.05, 4.69) is 26.2 Å². The van der Waals surface area contributed by atoms with E-state index in [-0.39, 0.29) is 5.91 Å². The Morgan fingerprint density at radius 1 is 1.17 bits per heavy atom. The average molecular weight is 385 g/mol. The Morgan fingerprint density at radius 2 is 1.96 bits per heavy atom. The van der Waals surface area contributed by atoms with Crippen LogP contribution in [0.25, 0.3) is 0 Å². The van der Waals surface area contributed by atoms with Gasteiger partial charge in [0.15, 0.2) is 0 Å². The molecule has 1 fully saturated rings. The summed E-state index contributed by atoms with van der Waals surface area (Å²) in [4.78, 5) is 17.2. The molecule has 0 aromatic heterocycles. The smallest absolute Gasteiger partial charge is 0.276 e. The fraction of sp³-hybridized carbons (Fsp3) is 0.263. The topological polar surface area (TPSA) is 50.7 Å². The Labute approximate surface area is 149 Å². The van der Waals surface area contributed by atoms with Crippen molar-refractivity contribution in [1.82, 2.24) is 0 Å². The van der Waals surface area contributed by atoms with Gasteiger partial charge in [-0.3, -0.25) is 4.79 Å². The quantitative estimate of drug-likeness (QED) is 0.865. The first-order valence-corrected chi connectivity index (χ1v) is 8.85. The van der Waals surface area contributed by atoms with Crippen LogP contribution < -0.4 is 5.32 Å². The first kappa shape index (κ1) is 15.5. The van der Waals surface area contributed by atoms with E-state index in [1.807, 2.05) is 48.5 Å². The van der Waals surface area contributed by atoms with Gasteiger partial charge in [0, 0.05) is 15.6 Å². The molecule has 2 aromatic rings. The molecule has 0 spiro atoms. The van der Waals surface area contributed by atoms with Crippen LogP contribution in [-0.4, -0.2) is 24.5 Å². The highest BCUT2D eigenvalue weighted by atomic mass is 79.9. The number of carbonyl (C=O) groups excluding carboxylic acids is 1. The van der Waals surface area contributed by atoms with E-state index in [9.17, 15) is 4.79 Å². The molecular weight excluding hydrogens is 368 g/mol. The average Bonchev–Trinajstić information content (AvgIpc) is 3.42. The third kappa shape index (κ3) is 3.28. The summed E-state index contributed by atoms with van der Waals surface area (Å²) in [6.45, 7) is 0.587. The SMILES string of the molecule is O=C1Nc2ccc(Br)cc2C(c2ccccc2)=NC1OCC1CC1. The molecular formula is C19H17BrN2O2. The summed E-state index contributed by atoms with van der Waals surface area (Å²) in [5.74, 6) is 0.359. The van der Waals surface area contributed by atoms with Crippen LogP contribution in [0.4, 0.5) is 5.69 Å². The molecule has 1 aliphatic carbocycles. The van der Waals surface area contributed by atoms with Crippen LogP contribution in [0, 0.1) is 5.92 Å². The van der Waals surface area contributed by atoms with Gasteiger partial charge in [0.25, 0.3) is 5.91 Å². The second-order valence-electron chi connectivity index (χ2n) is 6.15. The Balaban J connectivity index is 1.78. The maximum Gasteiger partial charge on any atom is 0.276 e. The number of fused-ring (bicyclic) bond motifs is 1. The molecule has 1 saturated carbocycles. The highest BCUT2D eigenvalue weighted by Crippen LogP contribution is 2.31. The molecule has 0 saturated heterocycles.